The summed E-state index contributed by atoms with van der Waals surface area (Å²) in [5.41, 5.74) is 3.32. The molecule has 1 heterocycles. The van der Waals surface area contributed by atoms with Crippen molar-refractivity contribution >= 4 is 0 Å². The van der Waals surface area contributed by atoms with Gasteiger partial charge in [-0.25, -0.2) is 0 Å². The summed E-state index contributed by atoms with van der Waals surface area (Å²) in [4.78, 5) is 0. The highest BCUT2D eigenvalue weighted by molar-refractivity contribution is 5.32. The molecule has 0 aliphatic carbocycles. The van der Waals surface area contributed by atoms with Crippen LogP contribution in [0.25, 0.3) is 0 Å². The van der Waals surface area contributed by atoms with Gasteiger partial charge in [-0.3, -0.25) is 4.68 Å². The summed E-state index contributed by atoms with van der Waals surface area (Å²) in [6.07, 6.45) is 2.42. The van der Waals surface area contributed by atoms with Gasteiger partial charge in [-0.1, -0.05) is 29.3 Å². The van der Waals surface area contributed by atoms with Gasteiger partial charge in [-0.15, -0.1) is 0 Å². The van der Waals surface area contributed by atoms with Crippen molar-refractivity contribution in [2.24, 2.45) is 7.05 Å². The van der Waals surface area contributed by atoms with E-state index in [1.54, 1.807) is 4.68 Å². The SMILES string of the molecule is Cc1cc(C)cc(C(C)(O)Cc2ccn(C)n2)c1. The van der Waals surface area contributed by atoms with Crippen LogP contribution in [0.3, 0.4) is 0 Å². The molecule has 1 aromatic heterocycles. The Kier molecular flexibility index (Phi) is 3.26. The third-order valence-corrected chi connectivity index (χ3v) is 3.14. The number of rotatable bonds is 3. The summed E-state index contributed by atoms with van der Waals surface area (Å²) in [6, 6.07) is 8.13. The van der Waals surface area contributed by atoms with Crippen molar-refractivity contribution in [2.75, 3.05) is 0 Å². The van der Waals surface area contributed by atoms with Crippen LogP contribution in [-0.2, 0) is 19.1 Å². The second-order valence-corrected chi connectivity index (χ2v) is 5.31. The lowest BCUT2D eigenvalue weighted by molar-refractivity contribution is 0.0563. The van der Waals surface area contributed by atoms with E-state index in [9.17, 15) is 5.11 Å². The first-order valence-corrected chi connectivity index (χ1v) is 6.16. The molecule has 0 aliphatic heterocycles. The number of nitrogens with zero attached hydrogens (tertiary/aromatic N) is 2. The predicted molar refractivity (Wildman–Crippen MR) is 72.4 cm³/mol. The average molecular weight is 244 g/mol. The Balaban J connectivity index is 2.29. The number of aromatic nitrogens is 2. The van der Waals surface area contributed by atoms with Gasteiger partial charge in [0, 0.05) is 19.7 Å². The van der Waals surface area contributed by atoms with Crippen molar-refractivity contribution in [1.29, 1.82) is 0 Å². The van der Waals surface area contributed by atoms with Crippen molar-refractivity contribution in [3.8, 4) is 0 Å². The zero-order valence-electron chi connectivity index (χ0n) is 11.4. The van der Waals surface area contributed by atoms with Crippen LogP contribution >= 0.6 is 0 Å². The second-order valence-electron chi connectivity index (χ2n) is 5.31. The minimum Gasteiger partial charge on any atom is -0.385 e. The topological polar surface area (TPSA) is 38.0 Å². The lowest BCUT2D eigenvalue weighted by Crippen LogP contribution is -2.25. The molecule has 1 aromatic carbocycles. The normalized spacial score (nSPS) is 14.5. The lowest BCUT2D eigenvalue weighted by atomic mass is 9.89. The van der Waals surface area contributed by atoms with Crippen LogP contribution in [-0.4, -0.2) is 14.9 Å². The van der Waals surface area contributed by atoms with Crippen molar-refractivity contribution < 1.29 is 5.11 Å². The van der Waals surface area contributed by atoms with E-state index in [-0.39, 0.29) is 0 Å². The van der Waals surface area contributed by atoms with Gasteiger partial charge in [-0.2, -0.15) is 5.10 Å². The number of hydrogen-bond acceptors (Lipinski definition) is 2. The highest BCUT2D eigenvalue weighted by Crippen LogP contribution is 2.26. The molecular weight excluding hydrogens is 224 g/mol. The Labute approximate surface area is 108 Å². The second kappa shape index (κ2) is 4.58. The molecule has 18 heavy (non-hydrogen) atoms. The maximum absolute atomic E-state index is 10.6. The molecule has 3 nitrogen and oxygen atoms in total. The summed E-state index contributed by atoms with van der Waals surface area (Å²) in [5.74, 6) is 0. The molecule has 0 saturated heterocycles. The molecule has 2 rings (SSSR count). The summed E-state index contributed by atoms with van der Waals surface area (Å²) in [6.45, 7) is 5.94. The Hall–Kier alpha value is -1.61. The smallest absolute Gasteiger partial charge is 0.0924 e. The van der Waals surface area contributed by atoms with Gasteiger partial charge in [0.05, 0.1) is 11.3 Å². The summed E-state index contributed by atoms with van der Waals surface area (Å²) in [7, 11) is 1.88. The standard InChI is InChI=1S/C15H20N2O/c1-11-7-12(2)9-13(8-11)15(3,18)10-14-5-6-17(4)16-14/h5-9,18H,10H2,1-4H3. The number of benzene rings is 1. The molecule has 0 amide bonds. The van der Waals surface area contributed by atoms with Crippen LogP contribution in [0.4, 0.5) is 0 Å². The molecule has 0 aliphatic rings. The quantitative estimate of drug-likeness (QED) is 0.900. The van der Waals surface area contributed by atoms with Crippen LogP contribution in [0.15, 0.2) is 30.5 Å². The molecule has 0 radical (unpaired) electrons. The van der Waals surface area contributed by atoms with Crippen LogP contribution in [0.2, 0.25) is 0 Å². The van der Waals surface area contributed by atoms with Gasteiger partial charge in [0.2, 0.25) is 0 Å². The van der Waals surface area contributed by atoms with Crippen molar-refractivity contribution in [3.63, 3.8) is 0 Å². The highest BCUT2D eigenvalue weighted by atomic mass is 16.3. The van der Waals surface area contributed by atoms with Crippen LogP contribution in [0.5, 0.6) is 0 Å². The fourth-order valence-corrected chi connectivity index (χ4v) is 2.30. The molecule has 0 fully saturated rings. The minimum absolute atomic E-state index is 0.525. The Morgan fingerprint density at radius 2 is 1.83 bits per heavy atom. The molecule has 1 N–H and O–H groups in total. The van der Waals surface area contributed by atoms with Crippen LogP contribution in [0, 0.1) is 13.8 Å². The van der Waals surface area contributed by atoms with Gasteiger partial charge in [0.15, 0.2) is 0 Å². The lowest BCUT2D eigenvalue weighted by Gasteiger charge is -2.24. The van der Waals surface area contributed by atoms with Gasteiger partial charge in [0.25, 0.3) is 0 Å². The molecule has 0 saturated carbocycles. The first kappa shape index (κ1) is 12.8. The van der Waals surface area contributed by atoms with Crippen LogP contribution < -0.4 is 0 Å². The fourth-order valence-electron chi connectivity index (χ4n) is 2.30. The van der Waals surface area contributed by atoms with Gasteiger partial charge in [-0.05, 0) is 32.4 Å². The monoisotopic (exact) mass is 244 g/mol. The zero-order chi connectivity index (χ0) is 13.3. The average Bonchev–Trinajstić information content (AvgIpc) is 2.61. The van der Waals surface area contributed by atoms with E-state index in [0.717, 1.165) is 11.3 Å². The first-order chi connectivity index (χ1) is 8.37. The van der Waals surface area contributed by atoms with Crippen molar-refractivity contribution in [1.82, 2.24) is 9.78 Å². The molecule has 96 valence electrons. The van der Waals surface area contributed by atoms with Crippen LogP contribution in [0.1, 0.15) is 29.3 Å². The first-order valence-electron chi connectivity index (χ1n) is 6.16. The van der Waals surface area contributed by atoms with Crippen molar-refractivity contribution in [2.45, 2.75) is 32.8 Å². The molecule has 2 aromatic rings. The van der Waals surface area contributed by atoms with Gasteiger partial charge in [0.1, 0.15) is 0 Å². The number of aryl methyl sites for hydroxylation is 3. The van der Waals surface area contributed by atoms with Gasteiger partial charge >= 0.3 is 0 Å². The van der Waals surface area contributed by atoms with E-state index < -0.39 is 5.60 Å². The largest absolute Gasteiger partial charge is 0.385 e. The van der Waals surface area contributed by atoms with Crippen molar-refractivity contribution in [3.05, 3.63) is 52.8 Å². The van der Waals surface area contributed by atoms with E-state index in [1.807, 2.05) is 52.2 Å². The van der Waals surface area contributed by atoms with E-state index in [2.05, 4.69) is 11.2 Å². The summed E-state index contributed by atoms with van der Waals surface area (Å²) in [5, 5.41) is 15.0. The number of hydrogen-bond donors (Lipinski definition) is 1. The number of aliphatic hydroxyl groups is 1. The molecule has 0 spiro atoms. The predicted octanol–water partition coefficient (Wildman–Crippen LogP) is 2.49. The minimum atomic E-state index is -0.884. The molecule has 3 heteroatoms. The Morgan fingerprint density at radius 1 is 1.22 bits per heavy atom. The van der Waals surface area contributed by atoms with E-state index in [0.29, 0.717) is 6.42 Å². The van der Waals surface area contributed by atoms with Gasteiger partial charge < -0.3 is 5.11 Å². The third kappa shape index (κ3) is 2.79. The maximum atomic E-state index is 10.6. The molecule has 1 atom stereocenters. The maximum Gasteiger partial charge on any atom is 0.0924 e. The third-order valence-electron chi connectivity index (χ3n) is 3.14. The van der Waals surface area contributed by atoms with E-state index in [1.165, 1.54) is 11.1 Å². The highest BCUT2D eigenvalue weighted by Gasteiger charge is 2.25. The zero-order valence-corrected chi connectivity index (χ0v) is 11.4. The Bertz CT molecular complexity index is 535. The fraction of sp³-hybridized carbons (Fsp3) is 0.400. The molecule has 0 bridgehead atoms. The Morgan fingerprint density at radius 3 is 2.33 bits per heavy atom. The summed E-state index contributed by atoms with van der Waals surface area (Å²) >= 11 is 0. The van der Waals surface area contributed by atoms with E-state index >= 15 is 0 Å². The molecular formula is C15H20N2O. The molecule has 1 unspecified atom stereocenters. The van der Waals surface area contributed by atoms with E-state index in [4.69, 9.17) is 0 Å². The summed E-state index contributed by atoms with van der Waals surface area (Å²) < 4.78 is 1.76.